The molecule has 2 N–H and O–H groups in total. The van der Waals surface area contributed by atoms with Gasteiger partial charge in [0.2, 0.25) is 0 Å². The fourth-order valence-electron chi connectivity index (χ4n) is 1.33. The molecule has 6 heteroatoms. The van der Waals surface area contributed by atoms with Gasteiger partial charge in [-0.3, -0.25) is 9.48 Å². The van der Waals surface area contributed by atoms with E-state index in [0.29, 0.717) is 18.4 Å². The van der Waals surface area contributed by atoms with Crippen molar-refractivity contribution in [3.63, 3.8) is 0 Å². The molecule has 0 fully saturated rings. The molecule has 0 saturated heterocycles. The second-order valence-corrected chi connectivity index (χ2v) is 3.23. The SMILES string of the molecule is Cn1cc(CCCC(=O)O)c(C(=O)O)n1. The molecule has 0 aliphatic heterocycles. The van der Waals surface area contributed by atoms with Gasteiger partial charge in [-0.25, -0.2) is 4.79 Å². The third-order valence-corrected chi connectivity index (χ3v) is 1.94. The molecule has 0 bridgehead atoms. The quantitative estimate of drug-likeness (QED) is 0.742. The van der Waals surface area contributed by atoms with Crippen molar-refractivity contribution in [3.05, 3.63) is 17.5 Å². The van der Waals surface area contributed by atoms with Gasteiger partial charge in [0, 0.05) is 25.2 Å². The van der Waals surface area contributed by atoms with Crippen LogP contribution in [0.3, 0.4) is 0 Å². The lowest BCUT2D eigenvalue weighted by atomic mass is 10.1. The normalized spacial score (nSPS) is 10.2. The highest BCUT2D eigenvalue weighted by molar-refractivity contribution is 5.86. The van der Waals surface area contributed by atoms with E-state index in [0.717, 1.165) is 0 Å². The molecule has 6 nitrogen and oxygen atoms in total. The summed E-state index contributed by atoms with van der Waals surface area (Å²) in [4.78, 5) is 21.0. The van der Waals surface area contributed by atoms with Gasteiger partial charge in [0.25, 0.3) is 0 Å². The minimum Gasteiger partial charge on any atom is -0.481 e. The number of hydrogen-bond acceptors (Lipinski definition) is 3. The van der Waals surface area contributed by atoms with E-state index in [2.05, 4.69) is 5.10 Å². The first-order chi connectivity index (χ1) is 7.00. The van der Waals surface area contributed by atoms with Gasteiger partial charge >= 0.3 is 11.9 Å². The number of aryl methyl sites for hydroxylation is 2. The zero-order valence-corrected chi connectivity index (χ0v) is 8.30. The van der Waals surface area contributed by atoms with Crippen LogP contribution in [0, 0.1) is 0 Å². The summed E-state index contributed by atoms with van der Waals surface area (Å²) in [6.07, 6.45) is 2.47. The Morgan fingerprint density at radius 3 is 2.67 bits per heavy atom. The van der Waals surface area contributed by atoms with Crippen molar-refractivity contribution in [2.75, 3.05) is 0 Å². The standard InChI is InChI=1S/C9H12N2O4/c1-11-5-6(3-2-4-7(12)13)8(10-11)9(14)15/h5H,2-4H2,1H3,(H,12,13)(H,14,15). The lowest BCUT2D eigenvalue weighted by molar-refractivity contribution is -0.137. The molecule has 0 unspecified atom stereocenters. The fraction of sp³-hybridized carbons (Fsp3) is 0.444. The lowest BCUT2D eigenvalue weighted by Crippen LogP contribution is -2.03. The highest BCUT2D eigenvalue weighted by Gasteiger charge is 2.14. The van der Waals surface area contributed by atoms with Gasteiger partial charge in [-0.15, -0.1) is 0 Å². The summed E-state index contributed by atoms with van der Waals surface area (Å²) < 4.78 is 1.42. The van der Waals surface area contributed by atoms with Crippen molar-refractivity contribution in [1.82, 2.24) is 9.78 Å². The molecule has 0 aromatic carbocycles. The topological polar surface area (TPSA) is 92.4 Å². The van der Waals surface area contributed by atoms with Crippen LogP contribution in [0.2, 0.25) is 0 Å². The molecule has 0 aliphatic rings. The lowest BCUT2D eigenvalue weighted by Gasteiger charge is -1.96. The van der Waals surface area contributed by atoms with Crippen LogP contribution in [0.1, 0.15) is 28.9 Å². The third kappa shape index (κ3) is 3.08. The van der Waals surface area contributed by atoms with Crippen LogP contribution in [0.5, 0.6) is 0 Å². The first-order valence-electron chi connectivity index (χ1n) is 4.48. The second kappa shape index (κ2) is 4.59. The van der Waals surface area contributed by atoms with Crippen LogP contribution in [0.25, 0.3) is 0 Å². The predicted octanol–water partition coefficient (Wildman–Crippen LogP) is 0.526. The number of carboxylic acid groups (broad SMARTS) is 2. The number of aromatic nitrogens is 2. The van der Waals surface area contributed by atoms with Crippen molar-refractivity contribution in [3.8, 4) is 0 Å². The van der Waals surface area contributed by atoms with Gasteiger partial charge in [-0.1, -0.05) is 0 Å². The van der Waals surface area contributed by atoms with E-state index in [-0.39, 0.29) is 12.1 Å². The molecule has 0 atom stereocenters. The Labute approximate surface area is 86.1 Å². The molecule has 1 heterocycles. The van der Waals surface area contributed by atoms with Crippen LogP contribution >= 0.6 is 0 Å². The molecule has 0 radical (unpaired) electrons. The zero-order chi connectivity index (χ0) is 11.4. The number of aliphatic carboxylic acids is 1. The molecule has 0 aliphatic carbocycles. The van der Waals surface area contributed by atoms with Crippen molar-refractivity contribution in [1.29, 1.82) is 0 Å². The zero-order valence-electron chi connectivity index (χ0n) is 8.30. The average Bonchev–Trinajstić information content (AvgIpc) is 2.46. The molecule has 15 heavy (non-hydrogen) atoms. The van der Waals surface area contributed by atoms with E-state index >= 15 is 0 Å². The Balaban J connectivity index is 2.67. The molecule has 82 valence electrons. The van der Waals surface area contributed by atoms with E-state index in [1.165, 1.54) is 4.68 Å². The van der Waals surface area contributed by atoms with Crippen LogP contribution in [0.15, 0.2) is 6.20 Å². The van der Waals surface area contributed by atoms with Crippen LogP contribution in [0.4, 0.5) is 0 Å². The van der Waals surface area contributed by atoms with Gasteiger partial charge < -0.3 is 10.2 Å². The molecule has 1 aromatic rings. The summed E-state index contributed by atoms with van der Waals surface area (Å²) in [7, 11) is 1.63. The number of aromatic carboxylic acids is 1. The van der Waals surface area contributed by atoms with E-state index < -0.39 is 11.9 Å². The highest BCUT2D eigenvalue weighted by Crippen LogP contribution is 2.10. The fourth-order valence-corrected chi connectivity index (χ4v) is 1.33. The van der Waals surface area contributed by atoms with Crippen molar-refractivity contribution >= 4 is 11.9 Å². The van der Waals surface area contributed by atoms with Gasteiger partial charge in [0.1, 0.15) is 0 Å². The van der Waals surface area contributed by atoms with Gasteiger partial charge in [0.05, 0.1) is 0 Å². The number of hydrogen-bond donors (Lipinski definition) is 2. The molecular formula is C9H12N2O4. The minimum absolute atomic E-state index is 0.00267. The molecule has 1 rings (SSSR count). The largest absolute Gasteiger partial charge is 0.481 e. The number of rotatable bonds is 5. The third-order valence-electron chi connectivity index (χ3n) is 1.94. The van der Waals surface area contributed by atoms with E-state index in [9.17, 15) is 9.59 Å². The Morgan fingerprint density at radius 2 is 2.13 bits per heavy atom. The predicted molar refractivity (Wildman–Crippen MR) is 50.7 cm³/mol. The first-order valence-corrected chi connectivity index (χ1v) is 4.48. The maximum Gasteiger partial charge on any atom is 0.356 e. The maximum atomic E-state index is 10.7. The van der Waals surface area contributed by atoms with Gasteiger partial charge in [-0.05, 0) is 12.8 Å². The summed E-state index contributed by atoms with van der Waals surface area (Å²) >= 11 is 0. The maximum absolute atomic E-state index is 10.7. The van der Waals surface area contributed by atoms with Crippen LogP contribution < -0.4 is 0 Å². The number of nitrogens with zero attached hydrogens (tertiary/aromatic N) is 2. The second-order valence-electron chi connectivity index (χ2n) is 3.23. The van der Waals surface area contributed by atoms with E-state index in [4.69, 9.17) is 10.2 Å². The highest BCUT2D eigenvalue weighted by atomic mass is 16.4. The van der Waals surface area contributed by atoms with Gasteiger partial charge in [-0.2, -0.15) is 5.10 Å². The van der Waals surface area contributed by atoms with E-state index in [1.54, 1.807) is 13.2 Å². The molecular weight excluding hydrogens is 200 g/mol. The van der Waals surface area contributed by atoms with Crippen LogP contribution in [-0.2, 0) is 18.3 Å². The molecule has 0 spiro atoms. The van der Waals surface area contributed by atoms with Crippen molar-refractivity contribution in [2.45, 2.75) is 19.3 Å². The minimum atomic E-state index is -1.08. The summed E-state index contributed by atoms with van der Waals surface area (Å²) in [6, 6.07) is 0. The van der Waals surface area contributed by atoms with Crippen molar-refractivity contribution < 1.29 is 19.8 Å². The summed E-state index contributed by atoms with van der Waals surface area (Å²) in [5.41, 5.74) is 0.578. The summed E-state index contributed by atoms with van der Waals surface area (Å²) in [5.74, 6) is -1.96. The molecule has 0 saturated carbocycles. The van der Waals surface area contributed by atoms with E-state index in [1.807, 2.05) is 0 Å². The smallest absolute Gasteiger partial charge is 0.356 e. The summed E-state index contributed by atoms with van der Waals surface area (Å²) in [6.45, 7) is 0. The number of carboxylic acids is 2. The van der Waals surface area contributed by atoms with Crippen LogP contribution in [-0.4, -0.2) is 31.9 Å². The average molecular weight is 212 g/mol. The Kier molecular flexibility index (Phi) is 3.43. The van der Waals surface area contributed by atoms with Crippen molar-refractivity contribution in [2.24, 2.45) is 7.05 Å². The molecule has 1 aromatic heterocycles. The summed E-state index contributed by atoms with van der Waals surface area (Å²) in [5, 5.41) is 21.0. The Morgan fingerprint density at radius 1 is 1.47 bits per heavy atom. The molecule has 0 amide bonds. The monoisotopic (exact) mass is 212 g/mol. The first kappa shape index (κ1) is 11.2. The Hall–Kier alpha value is -1.85. The van der Waals surface area contributed by atoms with Gasteiger partial charge in [0.15, 0.2) is 5.69 Å². The Bertz CT molecular complexity index is 383. The number of carbonyl (C=O) groups is 2.